The molecule has 4 N–H and O–H groups in total. The molecule has 0 heterocycles. The van der Waals surface area contributed by atoms with E-state index in [9.17, 15) is 8.42 Å². The molecule has 0 aliphatic carbocycles. The van der Waals surface area contributed by atoms with Crippen LogP contribution in [0.15, 0.2) is 12.0 Å². The van der Waals surface area contributed by atoms with Crippen molar-refractivity contribution in [3.63, 3.8) is 0 Å². The van der Waals surface area contributed by atoms with Gasteiger partial charge in [-0.3, -0.25) is 0 Å². The molecule has 9 heteroatoms. The fourth-order valence-electron chi connectivity index (χ4n) is 0.687. The predicted octanol–water partition coefficient (Wildman–Crippen LogP) is -1.26. The first-order valence-electron chi connectivity index (χ1n) is 3.86. The zero-order valence-corrected chi connectivity index (χ0v) is 9.69. The predicted molar refractivity (Wildman–Crippen MR) is 55.5 cm³/mol. The molecule has 15 heavy (non-hydrogen) atoms. The molecule has 0 aliphatic rings. The Hall–Kier alpha value is -0.0800. The summed E-state index contributed by atoms with van der Waals surface area (Å²) in [6.07, 6.45) is -3.77. The van der Waals surface area contributed by atoms with E-state index >= 15 is 0 Å². The minimum atomic E-state index is -4.31. The van der Waals surface area contributed by atoms with Gasteiger partial charge in [0, 0.05) is 0 Å². The Balaban J connectivity index is 5.39. The van der Waals surface area contributed by atoms with Crippen molar-refractivity contribution >= 4 is 16.9 Å². The quantitative estimate of drug-likeness (QED) is 0.422. The molecule has 92 valence electrons. The van der Waals surface area contributed by atoms with Crippen molar-refractivity contribution in [2.75, 3.05) is 25.4 Å². The van der Waals surface area contributed by atoms with Crippen molar-refractivity contribution in [2.45, 2.75) is 0 Å². The van der Waals surface area contributed by atoms with Gasteiger partial charge in [0.05, 0.1) is 0 Å². The van der Waals surface area contributed by atoms with E-state index in [-0.39, 0.29) is 0 Å². The van der Waals surface area contributed by atoms with Gasteiger partial charge in [0.15, 0.2) is 0 Å². The molecule has 0 atom stereocenters. The maximum absolute atomic E-state index is 11.1. The van der Waals surface area contributed by atoms with Crippen LogP contribution in [0.25, 0.3) is 0 Å². The molecule has 0 rings (SSSR count). The normalized spacial score (nSPS) is 15.6. The van der Waals surface area contributed by atoms with Gasteiger partial charge in [-0.1, -0.05) is 0 Å². The summed E-state index contributed by atoms with van der Waals surface area (Å²) in [7, 11) is -4.20. The summed E-state index contributed by atoms with van der Waals surface area (Å²) in [5, 5.41) is 36.6. The average Bonchev–Trinajstić information content (AvgIpc) is 2.27. The van der Waals surface area contributed by atoms with E-state index in [2.05, 4.69) is 10.5 Å². The van der Waals surface area contributed by atoms with Crippen LogP contribution in [0.5, 0.6) is 0 Å². The van der Waals surface area contributed by atoms with Crippen LogP contribution in [0.2, 0.25) is 0 Å². The topological polar surface area (TPSA) is 124 Å². The van der Waals surface area contributed by atoms with Crippen molar-refractivity contribution in [1.82, 2.24) is 0 Å². The van der Waals surface area contributed by atoms with Gasteiger partial charge < -0.3 is 0 Å². The first-order valence-corrected chi connectivity index (χ1v) is 8.22. The second-order valence-electron chi connectivity index (χ2n) is 3.16. The minimum absolute atomic E-state index is 0.463. The molecule has 0 unspecified atom stereocenters. The van der Waals surface area contributed by atoms with Gasteiger partial charge in [-0.25, -0.2) is 0 Å². The summed E-state index contributed by atoms with van der Waals surface area (Å²) in [4.78, 5) is 0. The van der Waals surface area contributed by atoms with Crippen LogP contribution in [0.1, 0.15) is 0 Å². The van der Waals surface area contributed by atoms with Gasteiger partial charge in [-0.2, -0.15) is 0 Å². The Morgan fingerprint density at radius 1 is 1.07 bits per heavy atom. The van der Waals surface area contributed by atoms with E-state index in [1.807, 2.05) is 0 Å². The van der Waals surface area contributed by atoms with Crippen LogP contribution < -0.4 is 0 Å². The Morgan fingerprint density at radius 2 is 1.40 bits per heavy atom. The summed E-state index contributed by atoms with van der Waals surface area (Å²) in [5.41, 5.74) is 0. The summed E-state index contributed by atoms with van der Waals surface area (Å²) in [6.45, 7) is -1.34. The molecule has 0 fully saturated rings. The Kier molecular flexibility index (Phi) is 4.81. The third-order valence-electron chi connectivity index (χ3n) is 1.95. The number of aliphatic hydroxyl groups is 4. The molecular formula is C6H15O7PS. The maximum atomic E-state index is 11.1. The van der Waals surface area contributed by atoms with Crippen molar-refractivity contribution in [3.05, 3.63) is 12.0 Å². The van der Waals surface area contributed by atoms with E-state index in [1.54, 1.807) is 0 Å². The first-order chi connectivity index (χ1) is 6.82. The molecular weight excluding hydrogens is 247 g/mol. The fourth-order valence-corrected chi connectivity index (χ4v) is 4.57. The van der Waals surface area contributed by atoms with Crippen LogP contribution >= 0.6 is 6.83 Å². The number of rotatable bonds is 7. The SMILES string of the molecule is C=CS(=O)(=O)OP(CO)(CO)(CO)CO. The van der Waals surface area contributed by atoms with E-state index in [1.165, 1.54) is 0 Å². The van der Waals surface area contributed by atoms with Crippen molar-refractivity contribution < 1.29 is 32.8 Å². The first kappa shape index (κ1) is 14.9. The standard InChI is InChI=1S/C6H15O7PS/c1-2-15(11,12)13-14(3-7,4-8,5-9)6-10/h2,7-10H,1,3-6H2. The molecule has 0 aromatic carbocycles. The molecule has 0 amide bonds. The zero-order chi connectivity index (χ0) is 12.2. The molecule has 0 aliphatic heterocycles. The van der Waals surface area contributed by atoms with Gasteiger partial charge in [0.25, 0.3) is 0 Å². The molecule has 0 radical (unpaired) electrons. The summed E-state index contributed by atoms with van der Waals surface area (Å²) >= 11 is 0. The number of hydrogen-bond acceptors (Lipinski definition) is 7. The molecule has 0 spiro atoms. The molecule has 0 aromatic rings. The summed E-state index contributed by atoms with van der Waals surface area (Å²) in [5.74, 6) is 0. The van der Waals surface area contributed by atoms with E-state index < -0.39 is 42.3 Å². The Morgan fingerprint density at radius 3 is 1.60 bits per heavy atom. The van der Waals surface area contributed by atoms with Gasteiger partial charge >= 0.3 is 87.1 Å². The van der Waals surface area contributed by atoms with Gasteiger partial charge in [-0.15, -0.1) is 0 Å². The van der Waals surface area contributed by atoms with Gasteiger partial charge in [0.2, 0.25) is 0 Å². The van der Waals surface area contributed by atoms with Crippen LogP contribution in [0.3, 0.4) is 0 Å². The van der Waals surface area contributed by atoms with E-state index in [4.69, 9.17) is 20.4 Å². The van der Waals surface area contributed by atoms with Crippen LogP contribution in [-0.2, 0) is 14.1 Å². The second-order valence-corrected chi connectivity index (χ2v) is 9.92. The third kappa shape index (κ3) is 2.94. The van der Waals surface area contributed by atoms with Crippen molar-refractivity contribution in [1.29, 1.82) is 0 Å². The number of aliphatic hydroxyl groups excluding tert-OH is 4. The van der Waals surface area contributed by atoms with Crippen molar-refractivity contribution in [3.8, 4) is 0 Å². The molecule has 7 nitrogen and oxygen atoms in total. The van der Waals surface area contributed by atoms with Gasteiger partial charge in [0.1, 0.15) is 0 Å². The third-order valence-corrected chi connectivity index (χ3v) is 7.74. The zero-order valence-electron chi connectivity index (χ0n) is 7.98. The fraction of sp³-hybridized carbons (Fsp3) is 0.667. The average molecular weight is 262 g/mol. The molecule has 0 aromatic heterocycles. The molecule has 0 saturated carbocycles. The molecule has 0 saturated heterocycles. The summed E-state index contributed by atoms with van der Waals surface area (Å²) in [6, 6.07) is 0. The van der Waals surface area contributed by atoms with E-state index in [0.717, 1.165) is 0 Å². The number of hydrogen-bond donors (Lipinski definition) is 4. The van der Waals surface area contributed by atoms with Crippen molar-refractivity contribution in [2.24, 2.45) is 0 Å². The summed E-state index contributed by atoms with van der Waals surface area (Å²) < 4.78 is 26.8. The molecule has 0 bridgehead atoms. The van der Waals surface area contributed by atoms with Gasteiger partial charge in [-0.05, 0) is 0 Å². The Bertz CT molecular complexity index is 297. The van der Waals surface area contributed by atoms with Crippen LogP contribution in [0, 0.1) is 0 Å². The van der Waals surface area contributed by atoms with Crippen LogP contribution in [-0.4, -0.2) is 54.2 Å². The van der Waals surface area contributed by atoms with E-state index in [0.29, 0.717) is 5.41 Å². The second kappa shape index (κ2) is 4.84. The Labute approximate surface area is 87.8 Å². The monoisotopic (exact) mass is 262 g/mol. The van der Waals surface area contributed by atoms with Crippen LogP contribution in [0.4, 0.5) is 0 Å².